The normalized spacial score (nSPS) is 14.7. The number of carboxylic acid groups (broad SMARTS) is 1. The number of methoxy groups -OCH3 is 1. The Morgan fingerprint density at radius 3 is 2.40 bits per heavy atom. The fourth-order valence-electron chi connectivity index (χ4n) is 6.06. The molecule has 3 N–H and O–H groups in total. The highest BCUT2D eigenvalue weighted by atomic mass is 16.5. The highest BCUT2D eigenvalue weighted by molar-refractivity contribution is 6.06. The van der Waals surface area contributed by atoms with Gasteiger partial charge in [-0.25, -0.2) is 14.5 Å². The Hall–Kier alpha value is -5.38. The molecular weight excluding hydrogens is 592 g/mol. The number of likely N-dealkylation sites (tertiary alicyclic amines) is 1. The summed E-state index contributed by atoms with van der Waals surface area (Å²) in [6, 6.07) is 23.3. The molecule has 0 bridgehead atoms. The number of nitrogens with one attached hydrogen (secondary N) is 2. The van der Waals surface area contributed by atoms with Gasteiger partial charge in [0.2, 0.25) is 0 Å². The summed E-state index contributed by atoms with van der Waals surface area (Å²) in [4.78, 5) is 31.1. The minimum absolute atomic E-state index is 0.000630. The van der Waals surface area contributed by atoms with E-state index in [1.54, 1.807) is 13.3 Å². The summed E-state index contributed by atoms with van der Waals surface area (Å²) in [5.41, 5.74) is 6.95. The molecule has 2 amide bonds. The number of hydrogen-bond acceptors (Lipinski definition) is 6. The van der Waals surface area contributed by atoms with E-state index in [1.165, 1.54) is 10.5 Å². The van der Waals surface area contributed by atoms with Crippen LogP contribution in [0.2, 0.25) is 0 Å². The number of carbonyl (C=O) groups excluding carboxylic acids is 1. The van der Waals surface area contributed by atoms with E-state index >= 15 is 0 Å². The second kappa shape index (κ2) is 12.8. The van der Waals surface area contributed by atoms with Crippen molar-refractivity contribution in [1.82, 2.24) is 19.7 Å². The number of ether oxygens (including phenoxy) is 1. The van der Waals surface area contributed by atoms with E-state index in [4.69, 9.17) is 14.8 Å². The summed E-state index contributed by atoms with van der Waals surface area (Å²) >= 11 is 0. The van der Waals surface area contributed by atoms with Crippen LogP contribution >= 0.6 is 0 Å². The van der Waals surface area contributed by atoms with E-state index in [1.807, 2.05) is 84.4 Å². The average Bonchev–Trinajstić information content (AvgIpc) is 3.67. The van der Waals surface area contributed by atoms with Gasteiger partial charge in [-0.2, -0.15) is 5.10 Å². The van der Waals surface area contributed by atoms with Crippen molar-refractivity contribution in [3.05, 3.63) is 101 Å². The molecule has 5 aromatic rings. The quantitative estimate of drug-likeness (QED) is 0.166. The molecule has 10 heteroatoms. The van der Waals surface area contributed by atoms with Gasteiger partial charge in [-0.15, -0.1) is 0 Å². The van der Waals surface area contributed by atoms with Gasteiger partial charge in [-0.05, 0) is 83.0 Å². The van der Waals surface area contributed by atoms with Crippen molar-refractivity contribution in [3.63, 3.8) is 0 Å². The molecule has 3 aromatic carbocycles. The van der Waals surface area contributed by atoms with Gasteiger partial charge in [0.05, 0.1) is 19.0 Å². The maximum Gasteiger partial charge on any atom is 0.407 e. The van der Waals surface area contributed by atoms with Gasteiger partial charge in [0.1, 0.15) is 5.75 Å². The highest BCUT2D eigenvalue weighted by Crippen LogP contribution is 2.37. The molecule has 1 aliphatic heterocycles. The first-order valence-electron chi connectivity index (χ1n) is 15.8. The van der Waals surface area contributed by atoms with Crippen LogP contribution in [0.15, 0.2) is 79.0 Å². The molecule has 3 heterocycles. The summed E-state index contributed by atoms with van der Waals surface area (Å²) in [7, 11) is 1.64. The number of fused-ring (bicyclic) bond motifs is 1. The Labute approximate surface area is 274 Å². The summed E-state index contributed by atoms with van der Waals surface area (Å²) in [6.07, 6.45) is 1.52. The molecule has 6 rings (SSSR count). The molecule has 0 unspecified atom stereocenters. The molecule has 0 saturated carbocycles. The largest absolute Gasteiger partial charge is 0.497 e. The average molecular weight is 633 g/mol. The molecule has 0 radical (unpaired) electrons. The van der Waals surface area contributed by atoms with Crippen molar-refractivity contribution < 1.29 is 19.4 Å². The number of anilines is 2. The summed E-state index contributed by atoms with van der Waals surface area (Å²) in [5, 5.41) is 22.0. The van der Waals surface area contributed by atoms with Gasteiger partial charge < -0.3 is 25.4 Å². The van der Waals surface area contributed by atoms with Crippen LogP contribution in [0, 0.1) is 6.92 Å². The van der Waals surface area contributed by atoms with Crippen LogP contribution in [0.25, 0.3) is 22.2 Å². The Morgan fingerprint density at radius 1 is 1.00 bits per heavy atom. The fraction of sp³-hybridized carbons (Fsp3) is 0.297. The number of amides is 2. The van der Waals surface area contributed by atoms with Gasteiger partial charge in [0, 0.05) is 36.6 Å². The fourth-order valence-corrected chi connectivity index (χ4v) is 6.06. The summed E-state index contributed by atoms with van der Waals surface area (Å²) in [5.74, 6) is 1.24. The Bertz CT molecular complexity index is 1930. The van der Waals surface area contributed by atoms with Gasteiger partial charge in [0.15, 0.2) is 11.5 Å². The summed E-state index contributed by atoms with van der Waals surface area (Å²) in [6.45, 7) is 9.75. The molecule has 0 spiro atoms. The number of carbonyl (C=O) groups is 2. The van der Waals surface area contributed by atoms with Gasteiger partial charge in [-0.1, -0.05) is 57.2 Å². The molecule has 0 aliphatic carbocycles. The van der Waals surface area contributed by atoms with Crippen LogP contribution in [-0.2, 0) is 12.0 Å². The maximum absolute atomic E-state index is 13.3. The Kier molecular flexibility index (Phi) is 8.60. The molecule has 2 aromatic heterocycles. The minimum Gasteiger partial charge on any atom is -0.497 e. The monoisotopic (exact) mass is 632 g/mol. The van der Waals surface area contributed by atoms with Crippen molar-refractivity contribution >= 4 is 34.5 Å². The van der Waals surface area contributed by atoms with Crippen LogP contribution in [0.3, 0.4) is 0 Å². The number of rotatable bonds is 8. The standard InChI is InChI=1S/C37H40N6O4/c1-23-29(7-6-8-31(23)40-35(44)25-11-13-26(14-12-25)37(2,3)4)30-17-19-38-34-32(30)33(39-27-18-20-42(22-27)36(45)46)41-43(34)21-24-9-15-28(47-5)16-10-24/h6-17,19,27H,18,20-22H2,1-5H3,(H,39,41)(H,40,44)(H,45,46)/t27-/m1/s1. The second-order valence-corrected chi connectivity index (χ2v) is 13.0. The zero-order chi connectivity index (χ0) is 33.3. The molecule has 1 atom stereocenters. The van der Waals surface area contributed by atoms with Crippen LogP contribution < -0.4 is 15.4 Å². The molecule has 47 heavy (non-hydrogen) atoms. The van der Waals surface area contributed by atoms with Gasteiger partial charge in [-0.3, -0.25) is 4.79 Å². The lowest BCUT2D eigenvalue weighted by Gasteiger charge is -2.19. The first-order chi connectivity index (χ1) is 22.5. The minimum atomic E-state index is -0.925. The third-order valence-corrected chi connectivity index (χ3v) is 8.81. The van der Waals surface area contributed by atoms with E-state index < -0.39 is 6.09 Å². The second-order valence-electron chi connectivity index (χ2n) is 13.0. The molecule has 1 fully saturated rings. The smallest absolute Gasteiger partial charge is 0.407 e. The number of aromatic nitrogens is 3. The highest BCUT2D eigenvalue weighted by Gasteiger charge is 2.28. The zero-order valence-electron chi connectivity index (χ0n) is 27.4. The third kappa shape index (κ3) is 6.63. The Balaban J connectivity index is 1.37. The van der Waals surface area contributed by atoms with Crippen LogP contribution in [0.1, 0.15) is 54.2 Å². The predicted molar refractivity (Wildman–Crippen MR) is 185 cm³/mol. The first-order valence-corrected chi connectivity index (χ1v) is 15.8. The van der Waals surface area contributed by atoms with Crippen LogP contribution in [0.5, 0.6) is 5.75 Å². The SMILES string of the molecule is COc1ccc(Cn2nc(N[C@@H]3CCN(C(=O)O)C3)c3c(-c4cccc(NC(=O)c5ccc(C(C)(C)C)cc5)c4C)ccnc32)cc1. The number of pyridine rings is 1. The molecule has 1 saturated heterocycles. The van der Waals surface area contributed by atoms with Gasteiger partial charge in [0.25, 0.3) is 5.91 Å². The van der Waals surface area contributed by atoms with E-state index in [0.717, 1.165) is 33.4 Å². The summed E-state index contributed by atoms with van der Waals surface area (Å²) < 4.78 is 7.20. The van der Waals surface area contributed by atoms with Crippen molar-refractivity contribution in [2.45, 2.75) is 52.1 Å². The van der Waals surface area contributed by atoms with Gasteiger partial charge >= 0.3 is 6.09 Å². The first kappa shape index (κ1) is 31.6. The van der Waals surface area contributed by atoms with Crippen molar-refractivity contribution in [3.8, 4) is 16.9 Å². The molecule has 10 nitrogen and oxygen atoms in total. The van der Waals surface area contributed by atoms with E-state index in [2.05, 4.69) is 31.4 Å². The van der Waals surface area contributed by atoms with E-state index in [9.17, 15) is 14.7 Å². The van der Waals surface area contributed by atoms with Crippen molar-refractivity contribution in [2.75, 3.05) is 30.8 Å². The molecule has 242 valence electrons. The molecular formula is C37H40N6O4. The lowest BCUT2D eigenvalue weighted by molar-refractivity contribution is 0.102. The van der Waals surface area contributed by atoms with E-state index in [-0.39, 0.29) is 17.4 Å². The Morgan fingerprint density at radius 2 is 1.74 bits per heavy atom. The third-order valence-electron chi connectivity index (χ3n) is 8.81. The topological polar surface area (TPSA) is 122 Å². The maximum atomic E-state index is 13.3. The van der Waals surface area contributed by atoms with Crippen LogP contribution in [-0.4, -0.2) is 63.0 Å². The molecule has 1 aliphatic rings. The lowest BCUT2D eigenvalue weighted by Crippen LogP contribution is -2.30. The van der Waals surface area contributed by atoms with Crippen LogP contribution in [0.4, 0.5) is 16.3 Å². The van der Waals surface area contributed by atoms with Crippen molar-refractivity contribution in [2.24, 2.45) is 0 Å². The predicted octanol–water partition coefficient (Wildman–Crippen LogP) is 7.18. The zero-order valence-corrected chi connectivity index (χ0v) is 27.4. The number of nitrogens with zero attached hydrogens (tertiary/aromatic N) is 4. The number of hydrogen-bond donors (Lipinski definition) is 3. The number of benzene rings is 3. The lowest BCUT2D eigenvalue weighted by atomic mass is 9.86. The van der Waals surface area contributed by atoms with Crippen molar-refractivity contribution in [1.29, 1.82) is 0 Å². The van der Waals surface area contributed by atoms with E-state index in [0.29, 0.717) is 48.8 Å².